The monoisotopic (exact) mass is 442 g/mol. The van der Waals surface area contributed by atoms with Gasteiger partial charge in [-0.15, -0.1) is 0 Å². The predicted molar refractivity (Wildman–Crippen MR) is 118 cm³/mol. The Bertz CT molecular complexity index is 1250. The summed E-state index contributed by atoms with van der Waals surface area (Å²) in [4.78, 5) is 25.2. The van der Waals surface area contributed by atoms with Crippen molar-refractivity contribution in [3.8, 4) is 0 Å². The van der Waals surface area contributed by atoms with E-state index in [1.807, 2.05) is 31.2 Å². The molecule has 0 aliphatic heterocycles. The van der Waals surface area contributed by atoms with Crippen molar-refractivity contribution < 1.29 is 13.2 Å². The zero-order chi connectivity index (χ0) is 22.0. The van der Waals surface area contributed by atoms with Gasteiger partial charge in [-0.1, -0.05) is 24.3 Å². The van der Waals surface area contributed by atoms with Gasteiger partial charge in [-0.05, 0) is 49.6 Å². The van der Waals surface area contributed by atoms with Crippen LogP contribution < -0.4 is 15.7 Å². The van der Waals surface area contributed by atoms with E-state index in [2.05, 4.69) is 10.0 Å². The fourth-order valence-corrected chi connectivity index (χ4v) is 4.88. The minimum Gasteiger partial charge on any atom is -0.352 e. The number of aromatic nitrogens is 2. The summed E-state index contributed by atoms with van der Waals surface area (Å²) in [6.45, 7) is 3.08. The van der Waals surface area contributed by atoms with E-state index in [1.165, 1.54) is 0 Å². The molecule has 1 aliphatic rings. The third-order valence-electron chi connectivity index (χ3n) is 5.43. The van der Waals surface area contributed by atoms with Gasteiger partial charge in [0.15, 0.2) is 0 Å². The number of rotatable bonds is 9. The van der Waals surface area contributed by atoms with Gasteiger partial charge < -0.3 is 5.32 Å². The molecular formula is C22H26N4O4S. The maximum atomic E-state index is 12.6. The van der Waals surface area contributed by atoms with Crippen LogP contribution in [-0.4, -0.2) is 29.5 Å². The second-order valence-electron chi connectivity index (χ2n) is 7.73. The molecule has 2 aromatic carbocycles. The van der Waals surface area contributed by atoms with Crippen molar-refractivity contribution in [2.45, 2.75) is 56.8 Å². The lowest BCUT2D eigenvalue weighted by Crippen LogP contribution is -2.28. The molecule has 1 fully saturated rings. The van der Waals surface area contributed by atoms with Crippen LogP contribution in [0.3, 0.4) is 0 Å². The first-order valence-electron chi connectivity index (χ1n) is 10.4. The SMILES string of the molecule is CCn1c(=O)n(CCC(=O)NCc2ccc(S(=O)(=O)NC3CC3)cc2)c2ccccc21. The van der Waals surface area contributed by atoms with Gasteiger partial charge in [-0.2, -0.15) is 0 Å². The molecule has 31 heavy (non-hydrogen) atoms. The number of carbonyl (C=O) groups excluding carboxylic acids is 1. The molecule has 1 amide bonds. The molecule has 3 aromatic rings. The van der Waals surface area contributed by atoms with Gasteiger partial charge in [0.1, 0.15) is 0 Å². The van der Waals surface area contributed by atoms with Gasteiger partial charge in [-0.25, -0.2) is 17.9 Å². The van der Waals surface area contributed by atoms with Crippen LogP contribution in [-0.2, 0) is 34.5 Å². The van der Waals surface area contributed by atoms with Crippen LogP contribution in [0.15, 0.2) is 58.2 Å². The first-order valence-corrected chi connectivity index (χ1v) is 11.9. The third-order valence-corrected chi connectivity index (χ3v) is 6.96. The minimum atomic E-state index is -3.48. The summed E-state index contributed by atoms with van der Waals surface area (Å²) in [5.74, 6) is -0.174. The van der Waals surface area contributed by atoms with Crippen LogP contribution in [0.4, 0.5) is 0 Å². The summed E-state index contributed by atoms with van der Waals surface area (Å²) in [5.41, 5.74) is 2.37. The largest absolute Gasteiger partial charge is 0.352 e. The van der Waals surface area contributed by atoms with E-state index in [4.69, 9.17) is 0 Å². The Balaban J connectivity index is 1.34. The summed E-state index contributed by atoms with van der Waals surface area (Å²) < 4.78 is 30.4. The summed E-state index contributed by atoms with van der Waals surface area (Å²) >= 11 is 0. The van der Waals surface area contributed by atoms with Gasteiger partial charge >= 0.3 is 5.69 Å². The highest BCUT2D eigenvalue weighted by molar-refractivity contribution is 7.89. The second kappa shape index (κ2) is 8.68. The molecule has 0 atom stereocenters. The first-order chi connectivity index (χ1) is 14.9. The Hall–Kier alpha value is -2.91. The molecule has 0 saturated heterocycles. The highest BCUT2D eigenvalue weighted by Gasteiger charge is 2.27. The van der Waals surface area contributed by atoms with E-state index in [9.17, 15) is 18.0 Å². The fraction of sp³-hybridized carbons (Fsp3) is 0.364. The lowest BCUT2D eigenvalue weighted by Gasteiger charge is -2.08. The number of benzene rings is 2. The Labute approximate surface area is 180 Å². The van der Waals surface area contributed by atoms with Crippen molar-refractivity contribution in [2.75, 3.05) is 0 Å². The number of fused-ring (bicyclic) bond motifs is 1. The van der Waals surface area contributed by atoms with Crippen molar-refractivity contribution in [1.82, 2.24) is 19.2 Å². The molecule has 1 aromatic heterocycles. The van der Waals surface area contributed by atoms with E-state index in [-0.39, 0.29) is 29.0 Å². The number of nitrogens with zero attached hydrogens (tertiary/aromatic N) is 2. The molecule has 1 saturated carbocycles. The molecular weight excluding hydrogens is 416 g/mol. The molecule has 2 N–H and O–H groups in total. The first kappa shape index (κ1) is 21.3. The standard InChI is InChI=1S/C22H26N4O4S/c1-2-25-19-5-3-4-6-20(19)26(22(25)28)14-13-21(27)23-15-16-7-11-18(12-8-16)31(29,30)24-17-9-10-17/h3-8,11-12,17,24H,2,9-10,13-15H2,1H3,(H,23,27). The van der Waals surface area contributed by atoms with Crippen molar-refractivity contribution in [1.29, 1.82) is 0 Å². The lowest BCUT2D eigenvalue weighted by atomic mass is 10.2. The molecule has 164 valence electrons. The second-order valence-corrected chi connectivity index (χ2v) is 9.45. The lowest BCUT2D eigenvalue weighted by molar-refractivity contribution is -0.121. The molecule has 1 aliphatic carbocycles. The van der Waals surface area contributed by atoms with Crippen molar-refractivity contribution in [2.24, 2.45) is 0 Å². The molecule has 1 heterocycles. The van der Waals surface area contributed by atoms with E-state index >= 15 is 0 Å². The Morgan fingerprint density at radius 3 is 2.29 bits per heavy atom. The summed E-state index contributed by atoms with van der Waals surface area (Å²) in [5, 5.41) is 2.83. The van der Waals surface area contributed by atoms with Crippen LogP contribution in [0.25, 0.3) is 11.0 Å². The number of sulfonamides is 1. The predicted octanol–water partition coefficient (Wildman–Crippen LogP) is 1.97. The van der Waals surface area contributed by atoms with Crippen LogP contribution in [0.1, 0.15) is 31.7 Å². The number of aryl methyl sites for hydroxylation is 2. The number of imidazole rings is 1. The molecule has 0 spiro atoms. The van der Waals surface area contributed by atoms with E-state index in [1.54, 1.807) is 33.4 Å². The average Bonchev–Trinajstić information content (AvgIpc) is 3.52. The van der Waals surface area contributed by atoms with Crippen LogP contribution >= 0.6 is 0 Å². The normalized spacial score (nSPS) is 14.1. The van der Waals surface area contributed by atoms with E-state index < -0.39 is 10.0 Å². The number of nitrogens with one attached hydrogen (secondary N) is 2. The molecule has 9 heteroatoms. The number of carbonyl (C=O) groups is 1. The zero-order valence-corrected chi connectivity index (χ0v) is 18.2. The molecule has 0 unspecified atom stereocenters. The Morgan fingerprint density at radius 1 is 1.03 bits per heavy atom. The molecule has 0 bridgehead atoms. The number of para-hydroxylation sites is 2. The molecule has 4 rings (SSSR count). The van der Waals surface area contributed by atoms with Crippen LogP contribution in [0.2, 0.25) is 0 Å². The maximum absolute atomic E-state index is 12.6. The van der Waals surface area contributed by atoms with Crippen molar-refractivity contribution >= 4 is 27.0 Å². The van der Waals surface area contributed by atoms with Gasteiger partial charge in [0.2, 0.25) is 15.9 Å². The van der Waals surface area contributed by atoms with Gasteiger partial charge in [0, 0.05) is 32.1 Å². The summed E-state index contributed by atoms with van der Waals surface area (Å²) in [6.07, 6.45) is 1.94. The Morgan fingerprint density at radius 2 is 1.68 bits per heavy atom. The third kappa shape index (κ3) is 4.72. The van der Waals surface area contributed by atoms with Crippen LogP contribution in [0, 0.1) is 0 Å². The van der Waals surface area contributed by atoms with Gasteiger partial charge in [0.25, 0.3) is 0 Å². The number of hydrogen-bond acceptors (Lipinski definition) is 4. The Kier molecular flexibility index (Phi) is 5.97. The van der Waals surface area contributed by atoms with Crippen molar-refractivity contribution in [3.63, 3.8) is 0 Å². The minimum absolute atomic E-state index is 0.0582. The van der Waals surface area contributed by atoms with E-state index in [0.29, 0.717) is 19.6 Å². The number of amides is 1. The van der Waals surface area contributed by atoms with Gasteiger partial charge in [0.05, 0.1) is 15.9 Å². The van der Waals surface area contributed by atoms with Gasteiger partial charge in [-0.3, -0.25) is 13.9 Å². The van der Waals surface area contributed by atoms with Crippen LogP contribution in [0.5, 0.6) is 0 Å². The highest BCUT2D eigenvalue weighted by atomic mass is 32.2. The quantitative estimate of drug-likeness (QED) is 0.529. The fourth-order valence-electron chi connectivity index (χ4n) is 3.57. The smallest absolute Gasteiger partial charge is 0.329 e. The summed E-state index contributed by atoms with van der Waals surface area (Å²) in [6, 6.07) is 14.1. The maximum Gasteiger partial charge on any atom is 0.329 e. The average molecular weight is 443 g/mol. The summed E-state index contributed by atoms with van der Waals surface area (Å²) in [7, 11) is -3.48. The van der Waals surface area contributed by atoms with Crippen molar-refractivity contribution in [3.05, 3.63) is 64.6 Å². The highest BCUT2D eigenvalue weighted by Crippen LogP contribution is 2.22. The number of hydrogen-bond donors (Lipinski definition) is 2. The zero-order valence-electron chi connectivity index (χ0n) is 17.4. The van der Waals surface area contributed by atoms with E-state index in [0.717, 1.165) is 29.4 Å². The molecule has 8 nitrogen and oxygen atoms in total. The molecule has 0 radical (unpaired) electrons. The topological polar surface area (TPSA) is 102 Å².